The van der Waals surface area contributed by atoms with Crippen LogP contribution in [0.3, 0.4) is 0 Å². The number of aromatic nitrogens is 1. The van der Waals surface area contributed by atoms with Gasteiger partial charge in [-0.2, -0.15) is 5.32 Å². The maximum absolute atomic E-state index is 11.8. The van der Waals surface area contributed by atoms with Crippen molar-refractivity contribution in [2.75, 3.05) is 10.6 Å². The first-order valence-electron chi connectivity index (χ1n) is 5.56. The van der Waals surface area contributed by atoms with Gasteiger partial charge in [-0.05, 0) is 31.2 Å². The van der Waals surface area contributed by atoms with E-state index in [-0.39, 0.29) is 6.03 Å². The zero-order valence-electron chi connectivity index (χ0n) is 10.1. The van der Waals surface area contributed by atoms with Crippen LogP contribution in [-0.4, -0.2) is 6.03 Å². The molecule has 0 bridgehead atoms. The van der Waals surface area contributed by atoms with E-state index < -0.39 is 0 Å². The number of pyridine rings is 1. The second-order valence-corrected chi connectivity index (χ2v) is 4.77. The summed E-state index contributed by atoms with van der Waals surface area (Å²) in [4.78, 5) is 14.8. The fourth-order valence-electron chi connectivity index (χ4n) is 1.52. The summed E-state index contributed by atoms with van der Waals surface area (Å²) in [6, 6.07) is 10.0. The van der Waals surface area contributed by atoms with Crippen molar-refractivity contribution >= 4 is 40.7 Å². The lowest BCUT2D eigenvalue weighted by atomic mass is 10.3. The lowest BCUT2D eigenvalue weighted by Gasteiger charge is -2.04. The van der Waals surface area contributed by atoms with Gasteiger partial charge in [0.1, 0.15) is 0 Å². The number of hydrogen-bond donors (Lipinski definition) is 2. The third-order valence-electron chi connectivity index (χ3n) is 2.37. The van der Waals surface area contributed by atoms with Gasteiger partial charge in [-0.3, -0.25) is 5.32 Å². The van der Waals surface area contributed by atoms with Gasteiger partial charge in [-0.15, -0.1) is 0 Å². The average Bonchev–Trinajstić information content (AvgIpc) is 2.34. The molecule has 0 unspecified atom stereocenters. The molecule has 0 atom stereocenters. The molecule has 19 heavy (non-hydrogen) atoms. The van der Waals surface area contributed by atoms with Crippen LogP contribution in [0.4, 0.5) is 16.3 Å². The van der Waals surface area contributed by atoms with Crippen LogP contribution in [0, 0.1) is 6.92 Å². The van der Waals surface area contributed by atoms with Crippen molar-refractivity contribution in [3.05, 3.63) is 52.1 Å². The molecule has 0 aliphatic carbocycles. The molecule has 0 spiro atoms. The van der Waals surface area contributed by atoms with Crippen molar-refractivity contribution in [3.8, 4) is 0 Å². The fraction of sp³-hybridized carbons (Fsp3) is 0.0769. The van der Waals surface area contributed by atoms with Gasteiger partial charge < -0.3 is 0 Å². The number of carbonyl (C=O) groups is 1. The molecule has 6 heteroatoms. The number of aryl methyl sites for hydroxylation is 1. The van der Waals surface area contributed by atoms with Crippen molar-refractivity contribution in [1.29, 1.82) is 0 Å². The van der Waals surface area contributed by atoms with Gasteiger partial charge in [0.15, 0.2) is 0 Å². The molecule has 1 aromatic carbocycles. The molecule has 0 radical (unpaired) electrons. The predicted molar refractivity (Wildman–Crippen MR) is 76.8 cm³/mol. The minimum Gasteiger partial charge on any atom is -0.288 e. The second-order valence-electron chi connectivity index (χ2n) is 3.96. The highest BCUT2D eigenvalue weighted by Gasteiger charge is 2.10. The highest BCUT2D eigenvalue weighted by molar-refractivity contribution is 6.42. The van der Waals surface area contributed by atoms with Gasteiger partial charge in [0.05, 0.1) is 15.7 Å². The SMILES string of the molecule is Cc1cccc(NC(=O)Nc2ccc(Cl)c(Cl)c2)[nH+]1. The highest BCUT2D eigenvalue weighted by Crippen LogP contribution is 2.24. The summed E-state index contributed by atoms with van der Waals surface area (Å²) >= 11 is 11.7. The molecule has 0 aliphatic heterocycles. The number of rotatable bonds is 2. The van der Waals surface area contributed by atoms with E-state index in [2.05, 4.69) is 15.6 Å². The number of amides is 2. The molecule has 3 N–H and O–H groups in total. The predicted octanol–water partition coefficient (Wildman–Crippen LogP) is 3.76. The fourth-order valence-corrected chi connectivity index (χ4v) is 1.81. The van der Waals surface area contributed by atoms with Crippen LogP contribution in [0.1, 0.15) is 5.69 Å². The quantitative estimate of drug-likeness (QED) is 0.871. The van der Waals surface area contributed by atoms with Gasteiger partial charge >= 0.3 is 6.03 Å². The largest absolute Gasteiger partial charge is 0.411 e. The van der Waals surface area contributed by atoms with Crippen molar-refractivity contribution < 1.29 is 9.78 Å². The zero-order valence-corrected chi connectivity index (χ0v) is 11.6. The van der Waals surface area contributed by atoms with Gasteiger partial charge in [0.2, 0.25) is 0 Å². The van der Waals surface area contributed by atoms with Crippen LogP contribution in [-0.2, 0) is 0 Å². The van der Waals surface area contributed by atoms with E-state index in [9.17, 15) is 4.79 Å². The number of hydrogen-bond acceptors (Lipinski definition) is 1. The summed E-state index contributed by atoms with van der Waals surface area (Å²) in [5.74, 6) is 0.609. The van der Waals surface area contributed by atoms with E-state index in [1.807, 2.05) is 19.1 Å². The number of anilines is 2. The number of benzene rings is 1. The topological polar surface area (TPSA) is 55.3 Å². The highest BCUT2D eigenvalue weighted by atomic mass is 35.5. The van der Waals surface area contributed by atoms with Crippen LogP contribution in [0.15, 0.2) is 36.4 Å². The van der Waals surface area contributed by atoms with Gasteiger partial charge in [0, 0.05) is 11.8 Å². The standard InChI is InChI=1S/C13H11Cl2N3O/c1-8-3-2-4-12(16-8)18-13(19)17-9-5-6-10(14)11(15)7-9/h2-7H,1H3,(H2,16,17,18,19)/p+1. The minimum absolute atomic E-state index is 0.361. The first-order chi connectivity index (χ1) is 9.04. The van der Waals surface area contributed by atoms with Crippen LogP contribution in [0.25, 0.3) is 0 Å². The van der Waals surface area contributed by atoms with E-state index in [1.165, 1.54) is 0 Å². The van der Waals surface area contributed by atoms with Gasteiger partial charge in [-0.25, -0.2) is 9.78 Å². The lowest BCUT2D eigenvalue weighted by Crippen LogP contribution is -2.25. The summed E-state index contributed by atoms with van der Waals surface area (Å²) in [6.45, 7) is 1.90. The molecule has 1 heterocycles. The van der Waals surface area contributed by atoms with Crippen molar-refractivity contribution in [1.82, 2.24) is 0 Å². The lowest BCUT2D eigenvalue weighted by molar-refractivity contribution is -0.370. The Bertz CT molecular complexity index is 617. The Morgan fingerprint density at radius 3 is 2.58 bits per heavy atom. The second kappa shape index (κ2) is 5.91. The van der Waals surface area contributed by atoms with Crippen LogP contribution in [0.2, 0.25) is 10.0 Å². The normalized spacial score (nSPS) is 10.1. The summed E-state index contributed by atoms with van der Waals surface area (Å²) in [7, 11) is 0. The Balaban J connectivity index is 2.03. The third kappa shape index (κ3) is 3.84. The molecular formula is C13H12Cl2N3O+. The summed E-state index contributed by atoms with van der Waals surface area (Å²) in [6.07, 6.45) is 0. The molecule has 0 fully saturated rings. The molecule has 0 aliphatic rings. The molecule has 2 aromatic rings. The third-order valence-corrected chi connectivity index (χ3v) is 3.11. The van der Waals surface area contributed by atoms with Gasteiger partial charge in [0.25, 0.3) is 5.82 Å². The number of nitrogens with one attached hydrogen (secondary N) is 3. The summed E-state index contributed by atoms with van der Waals surface area (Å²) in [5, 5.41) is 6.18. The van der Waals surface area contributed by atoms with E-state index in [0.717, 1.165) is 5.69 Å². The molecule has 98 valence electrons. The zero-order chi connectivity index (χ0) is 13.8. The smallest absolute Gasteiger partial charge is 0.288 e. The molecule has 0 saturated carbocycles. The molecule has 1 aromatic heterocycles. The maximum Gasteiger partial charge on any atom is 0.411 e. The number of aromatic amines is 1. The number of halogens is 2. The Labute approximate surface area is 120 Å². The van der Waals surface area contributed by atoms with E-state index >= 15 is 0 Å². The summed E-state index contributed by atoms with van der Waals surface area (Å²) in [5.41, 5.74) is 1.52. The first-order valence-corrected chi connectivity index (χ1v) is 6.32. The van der Waals surface area contributed by atoms with E-state index in [4.69, 9.17) is 23.2 Å². The van der Waals surface area contributed by atoms with Crippen LogP contribution in [0.5, 0.6) is 0 Å². The minimum atomic E-state index is -0.361. The average molecular weight is 297 g/mol. The monoisotopic (exact) mass is 296 g/mol. The Kier molecular flexibility index (Phi) is 4.24. The molecule has 0 saturated heterocycles. The van der Waals surface area contributed by atoms with Crippen LogP contribution < -0.4 is 15.6 Å². The molecule has 2 rings (SSSR count). The van der Waals surface area contributed by atoms with Crippen LogP contribution >= 0.6 is 23.2 Å². The molecule has 4 nitrogen and oxygen atoms in total. The summed E-state index contributed by atoms with van der Waals surface area (Å²) < 4.78 is 0. The molecule has 2 amide bonds. The maximum atomic E-state index is 11.8. The number of urea groups is 1. The van der Waals surface area contributed by atoms with E-state index in [0.29, 0.717) is 21.6 Å². The van der Waals surface area contributed by atoms with Crippen molar-refractivity contribution in [3.63, 3.8) is 0 Å². The Morgan fingerprint density at radius 1 is 1.11 bits per heavy atom. The Morgan fingerprint density at radius 2 is 1.89 bits per heavy atom. The van der Waals surface area contributed by atoms with Crippen molar-refractivity contribution in [2.24, 2.45) is 0 Å². The van der Waals surface area contributed by atoms with E-state index in [1.54, 1.807) is 24.3 Å². The van der Waals surface area contributed by atoms with Gasteiger partial charge in [-0.1, -0.05) is 29.3 Å². The Hall–Kier alpha value is -1.78. The number of carbonyl (C=O) groups excluding carboxylic acids is 1. The van der Waals surface area contributed by atoms with Crippen molar-refractivity contribution in [2.45, 2.75) is 6.92 Å². The first kappa shape index (κ1) is 13.6. The number of H-pyrrole nitrogens is 1. The molecular weight excluding hydrogens is 285 g/mol.